The van der Waals surface area contributed by atoms with E-state index in [2.05, 4.69) is 15.2 Å². The zero-order valence-corrected chi connectivity index (χ0v) is 12.1. The van der Waals surface area contributed by atoms with Crippen LogP contribution < -0.4 is 5.32 Å². The van der Waals surface area contributed by atoms with Gasteiger partial charge in [0.15, 0.2) is 0 Å². The summed E-state index contributed by atoms with van der Waals surface area (Å²) in [7, 11) is 3.98. The molecule has 0 unspecified atom stereocenters. The molecule has 0 fully saturated rings. The van der Waals surface area contributed by atoms with Crippen LogP contribution in [-0.2, 0) is 0 Å². The van der Waals surface area contributed by atoms with E-state index in [4.69, 9.17) is 9.68 Å². The Kier molecular flexibility index (Phi) is 4.90. The van der Waals surface area contributed by atoms with Gasteiger partial charge < -0.3 is 14.6 Å². The molecule has 2 rings (SSSR count). The smallest absolute Gasteiger partial charge is 0.233 e. The van der Waals surface area contributed by atoms with Crippen LogP contribution in [0.3, 0.4) is 0 Å². The van der Waals surface area contributed by atoms with Gasteiger partial charge in [0.2, 0.25) is 17.5 Å². The van der Waals surface area contributed by atoms with Crippen LogP contribution in [0.4, 0.5) is 10.3 Å². The first-order valence-electron chi connectivity index (χ1n) is 6.66. The van der Waals surface area contributed by atoms with Gasteiger partial charge in [0.05, 0.1) is 5.56 Å². The Morgan fingerprint density at radius 3 is 2.81 bits per heavy atom. The molecule has 1 heterocycles. The molecular weight excluding hydrogens is 271 g/mol. The molecule has 0 spiro atoms. The summed E-state index contributed by atoms with van der Waals surface area (Å²) >= 11 is 0. The standard InChI is InChI=1S/C15H17FN4O/c1-20(2)9-5-8-18-15-13(10-17)19-14(21-15)11-6-3-4-7-12(11)16/h3-4,6-7,18H,5,8-9H2,1-2H3. The lowest BCUT2D eigenvalue weighted by molar-refractivity contribution is 0.404. The van der Waals surface area contributed by atoms with Crippen LogP contribution in [0, 0.1) is 17.1 Å². The largest absolute Gasteiger partial charge is 0.419 e. The van der Waals surface area contributed by atoms with Gasteiger partial charge in [0, 0.05) is 6.54 Å². The summed E-state index contributed by atoms with van der Waals surface area (Å²) in [6, 6.07) is 8.14. The molecule has 0 saturated heterocycles. The zero-order chi connectivity index (χ0) is 15.2. The third kappa shape index (κ3) is 3.80. The maximum atomic E-state index is 13.7. The Hall–Kier alpha value is -2.39. The molecule has 5 nitrogen and oxygen atoms in total. The van der Waals surface area contributed by atoms with E-state index in [1.807, 2.05) is 20.2 Å². The van der Waals surface area contributed by atoms with Gasteiger partial charge in [-0.2, -0.15) is 10.2 Å². The second kappa shape index (κ2) is 6.86. The number of halogens is 1. The highest BCUT2D eigenvalue weighted by Crippen LogP contribution is 2.27. The molecule has 1 aromatic heterocycles. The highest BCUT2D eigenvalue weighted by atomic mass is 19.1. The van der Waals surface area contributed by atoms with E-state index in [9.17, 15) is 4.39 Å². The summed E-state index contributed by atoms with van der Waals surface area (Å²) in [5.41, 5.74) is 0.383. The molecule has 0 aliphatic heterocycles. The van der Waals surface area contributed by atoms with E-state index in [0.717, 1.165) is 13.0 Å². The number of benzene rings is 1. The van der Waals surface area contributed by atoms with Crippen molar-refractivity contribution in [3.05, 3.63) is 35.8 Å². The van der Waals surface area contributed by atoms with Crippen molar-refractivity contribution in [2.75, 3.05) is 32.5 Å². The van der Waals surface area contributed by atoms with Crippen LogP contribution in [0.15, 0.2) is 28.7 Å². The van der Waals surface area contributed by atoms with E-state index in [0.29, 0.717) is 6.54 Å². The third-order valence-corrected chi connectivity index (χ3v) is 2.90. The van der Waals surface area contributed by atoms with E-state index >= 15 is 0 Å². The molecule has 2 aromatic rings. The van der Waals surface area contributed by atoms with Crippen LogP contribution in [-0.4, -0.2) is 37.1 Å². The average Bonchev–Trinajstić information content (AvgIpc) is 2.87. The van der Waals surface area contributed by atoms with E-state index in [1.54, 1.807) is 18.2 Å². The third-order valence-electron chi connectivity index (χ3n) is 2.90. The number of nitrogens with zero attached hydrogens (tertiary/aromatic N) is 3. The maximum Gasteiger partial charge on any atom is 0.233 e. The minimum atomic E-state index is -0.428. The molecule has 1 aromatic carbocycles. The van der Waals surface area contributed by atoms with E-state index in [-0.39, 0.29) is 23.0 Å². The summed E-state index contributed by atoms with van der Waals surface area (Å²) in [5, 5.41) is 12.1. The van der Waals surface area contributed by atoms with Gasteiger partial charge in [-0.1, -0.05) is 12.1 Å². The molecule has 0 bridgehead atoms. The second-order valence-corrected chi connectivity index (χ2v) is 4.87. The molecule has 21 heavy (non-hydrogen) atoms. The summed E-state index contributed by atoms with van der Waals surface area (Å²) in [4.78, 5) is 6.10. The summed E-state index contributed by atoms with van der Waals surface area (Å²) in [6.45, 7) is 1.57. The van der Waals surface area contributed by atoms with Gasteiger partial charge in [0.25, 0.3) is 0 Å². The Labute approximate surface area is 123 Å². The minimum absolute atomic E-state index is 0.111. The summed E-state index contributed by atoms with van der Waals surface area (Å²) in [5.74, 6) is -0.0309. The maximum absolute atomic E-state index is 13.7. The molecule has 0 amide bonds. The van der Waals surface area contributed by atoms with Crippen LogP contribution in [0.5, 0.6) is 0 Å². The molecule has 0 aliphatic rings. The topological polar surface area (TPSA) is 65.1 Å². The molecule has 1 N–H and O–H groups in total. The number of rotatable bonds is 6. The van der Waals surface area contributed by atoms with Crippen molar-refractivity contribution in [2.24, 2.45) is 0 Å². The highest BCUT2D eigenvalue weighted by Gasteiger charge is 2.16. The fraction of sp³-hybridized carbons (Fsp3) is 0.333. The van der Waals surface area contributed by atoms with Crippen molar-refractivity contribution in [1.29, 1.82) is 5.26 Å². The number of aromatic nitrogens is 1. The lowest BCUT2D eigenvalue weighted by atomic mass is 10.2. The molecule has 0 atom stereocenters. The van der Waals surface area contributed by atoms with Crippen LogP contribution >= 0.6 is 0 Å². The van der Waals surface area contributed by atoms with Crippen LogP contribution in [0.2, 0.25) is 0 Å². The van der Waals surface area contributed by atoms with Crippen molar-refractivity contribution in [3.63, 3.8) is 0 Å². The Morgan fingerprint density at radius 1 is 1.38 bits per heavy atom. The average molecular weight is 288 g/mol. The first-order valence-corrected chi connectivity index (χ1v) is 6.66. The minimum Gasteiger partial charge on any atom is -0.419 e. The van der Waals surface area contributed by atoms with Gasteiger partial charge in [0.1, 0.15) is 11.9 Å². The number of hydrogen-bond acceptors (Lipinski definition) is 5. The van der Waals surface area contributed by atoms with Gasteiger partial charge in [-0.15, -0.1) is 0 Å². The Morgan fingerprint density at radius 2 is 2.14 bits per heavy atom. The van der Waals surface area contributed by atoms with Crippen molar-refractivity contribution >= 4 is 5.88 Å². The Bertz CT molecular complexity index is 645. The number of hydrogen-bond donors (Lipinski definition) is 1. The molecule has 0 saturated carbocycles. The van der Waals surface area contributed by atoms with Crippen molar-refractivity contribution in [2.45, 2.75) is 6.42 Å². The second-order valence-electron chi connectivity index (χ2n) is 4.87. The molecule has 0 aliphatic carbocycles. The molecule has 0 radical (unpaired) electrons. The van der Waals surface area contributed by atoms with E-state index in [1.165, 1.54) is 6.07 Å². The number of oxazole rings is 1. The van der Waals surface area contributed by atoms with Crippen molar-refractivity contribution in [3.8, 4) is 17.5 Å². The summed E-state index contributed by atoms with van der Waals surface area (Å²) in [6.07, 6.45) is 0.896. The van der Waals surface area contributed by atoms with Gasteiger partial charge in [-0.25, -0.2) is 4.39 Å². The van der Waals surface area contributed by atoms with Crippen LogP contribution in [0.1, 0.15) is 12.1 Å². The van der Waals surface area contributed by atoms with Crippen molar-refractivity contribution in [1.82, 2.24) is 9.88 Å². The fourth-order valence-corrected chi connectivity index (χ4v) is 1.86. The molecule has 6 heteroatoms. The Balaban J connectivity index is 2.13. The van der Waals surface area contributed by atoms with E-state index < -0.39 is 5.82 Å². The normalized spacial score (nSPS) is 10.6. The van der Waals surface area contributed by atoms with Gasteiger partial charge >= 0.3 is 0 Å². The first kappa shape index (κ1) is 15.0. The predicted molar refractivity (Wildman–Crippen MR) is 78.3 cm³/mol. The number of anilines is 1. The summed E-state index contributed by atoms with van der Waals surface area (Å²) < 4.78 is 19.2. The molecular formula is C15H17FN4O. The number of nitrogens with one attached hydrogen (secondary N) is 1. The van der Waals surface area contributed by atoms with Crippen LogP contribution in [0.25, 0.3) is 11.5 Å². The first-order chi connectivity index (χ1) is 10.1. The number of nitriles is 1. The van der Waals surface area contributed by atoms with Gasteiger partial charge in [-0.3, -0.25) is 0 Å². The monoisotopic (exact) mass is 288 g/mol. The fourth-order valence-electron chi connectivity index (χ4n) is 1.86. The quantitative estimate of drug-likeness (QED) is 0.828. The lowest BCUT2D eigenvalue weighted by Gasteiger charge is -2.09. The molecule has 110 valence electrons. The SMILES string of the molecule is CN(C)CCCNc1oc(-c2ccccc2F)nc1C#N. The van der Waals surface area contributed by atoms with Crippen molar-refractivity contribution < 1.29 is 8.81 Å². The van der Waals surface area contributed by atoms with Gasteiger partial charge in [-0.05, 0) is 39.2 Å². The lowest BCUT2D eigenvalue weighted by Crippen LogP contribution is -2.16. The predicted octanol–water partition coefficient (Wildman–Crippen LogP) is 2.72. The highest BCUT2D eigenvalue weighted by molar-refractivity contribution is 5.59. The zero-order valence-electron chi connectivity index (χ0n) is 12.1.